The molecule has 1 N–H and O–H groups in total. The van der Waals surface area contributed by atoms with E-state index in [-0.39, 0.29) is 5.69 Å². The van der Waals surface area contributed by atoms with Gasteiger partial charge in [0.15, 0.2) is 5.65 Å². The van der Waals surface area contributed by atoms with E-state index in [2.05, 4.69) is 15.0 Å². The third-order valence-electron chi connectivity index (χ3n) is 4.25. The Morgan fingerprint density at radius 2 is 1.85 bits per heavy atom. The van der Waals surface area contributed by atoms with E-state index in [0.29, 0.717) is 41.6 Å². The van der Waals surface area contributed by atoms with E-state index in [1.807, 2.05) is 18.2 Å². The Kier molecular flexibility index (Phi) is 4.47. The van der Waals surface area contributed by atoms with Crippen molar-refractivity contribution in [3.63, 3.8) is 0 Å². The molecule has 0 bridgehead atoms. The molecule has 0 saturated carbocycles. The highest BCUT2D eigenvalue weighted by Gasteiger charge is 2.15. The molecule has 1 aromatic carbocycles. The van der Waals surface area contributed by atoms with Crippen molar-refractivity contribution in [2.24, 2.45) is 0 Å². The summed E-state index contributed by atoms with van der Waals surface area (Å²) in [6, 6.07) is 9.05. The van der Waals surface area contributed by atoms with Gasteiger partial charge in [0.2, 0.25) is 0 Å². The minimum atomic E-state index is -0.299. The summed E-state index contributed by atoms with van der Waals surface area (Å²) in [5, 5.41) is 0.801. The Morgan fingerprint density at radius 3 is 2.67 bits per heavy atom. The van der Waals surface area contributed by atoms with Crippen LogP contribution >= 0.6 is 0 Å². The predicted molar refractivity (Wildman–Crippen MR) is 101 cm³/mol. The molecule has 0 amide bonds. The van der Waals surface area contributed by atoms with Crippen LogP contribution in [0.2, 0.25) is 0 Å². The maximum Gasteiger partial charge on any atom is 0.332 e. The van der Waals surface area contributed by atoms with Gasteiger partial charge in [-0.25, -0.2) is 9.78 Å². The number of aromatic nitrogens is 4. The lowest BCUT2D eigenvalue weighted by atomic mass is 10.1. The van der Waals surface area contributed by atoms with Gasteiger partial charge in [-0.2, -0.15) is 0 Å². The van der Waals surface area contributed by atoms with Crippen LogP contribution in [0.4, 0.5) is 0 Å². The molecule has 0 aliphatic heterocycles. The van der Waals surface area contributed by atoms with Crippen molar-refractivity contribution in [1.82, 2.24) is 19.5 Å². The van der Waals surface area contributed by atoms with E-state index in [9.17, 15) is 4.79 Å². The molecule has 4 aromatic rings. The average Bonchev–Trinajstić information content (AvgIpc) is 3.04. The molecule has 0 spiro atoms. The highest BCUT2D eigenvalue weighted by atomic mass is 16.5. The molecule has 3 heterocycles. The van der Waals surface area contributed by atoms with Crippen molar-refractivity contribution in [3.8, 4) is 17.2 Å². The Hall–Kier alpha value is -3.39. The minimum Gasteiger partial charge on any atom is -0.494 e. The Bertz CT molecular complexity index is 1170. The molecule has 138 valence electrons. The standard InChI is InChI=1S/C19H18N4O4/c1-25-9-10-27-15-5-7-20-14-4-3-12(11-13(14)15)23-17-16(26-2)6-8-21-18(17)22-19(23)24/h3-8,11H,9-10H2,1-2H3,(H,21,22,24). The van der Waals surface area contributed by atoms with Crippen molar-refractivity contribution in [2.45, 2.75) is 0 Å². The molecule has 4 rings (SSSR count). The van der Waals surface area contributed by atoms with Crippen LogP contribution in [0.3, 0.4) is 0 Å². The number of hydrogen-bond donors (Lipinski definition) is 1. The van der Waals surface area contributed by atoms with Crippen LogP contribution in [0, 0.1) is 0 Å². The molecule has 0 atom stereocenters. The number of methoxy groups -OCH3 is 2. The number of aromatic amines is 1. The second-order valence-corrected chi connectivity index (χ2v) is 5.83. The minimum absolute atomic E-state index is 0.299. The van der Waals surface area contributed by atoms with Crippen molar-refractivity contribution < 1.29 is 14.2 Å². The highest BCUT2D eigenvalue weighted by Crippen LogP contribution is 2.29. The molecule has 0 fully saturated rings. The first kappa shape index (κ1) is 17.0. The van der Waals surface area contributed by atoms with Gasteiger partial charge in [0, 0.05) is 31.0 Å². The van der Waals surface area contributed by atoms with Gasteiger partial charge in [0.1, 0.15) is 23.6 Å². The maximum atomic E-state index is 12.6. The summed E-state index contributed by atoms with van der Waals surface area (Å²) >= 11 is 0. The van der Waals surface area contributed by atoms with E-state index >= 15 is 0 Å². The zero-order valence-corrected chi connectivity index (χ0v) is 14.9. The third-order valence-corrected chi connectivity index (χ3v) is 4.25. The SMILES string of the molecule is COCCOc1ccnc2ccc(-n3c(=O)[nH]c4nccc(OC)c43)cc12. The molecular weight excluding hydrogens is 348 g/mol. The second kappa shape index (κ2) is 7.08. The summed E-state index contributed by atoms with van der Waals surface area (Å²) in [6.45, 7) is 0.902. The van der Waals surface area contributed by atoms with Crippen LogP contribution in [-0.4, -0.2) is 47.0 Å². The van der Waals surface area contributed by atoms with E-state index < -0.39 is 0 Å². The number of H-pyrrole nitrogens is 1. The van der Waals surface area contributed by atoms with Gasteiger partial charge in [-0.05, 0) is 24.3 Å². The predicted octanol–water partition coefficient (Wildman–Crippen LogP) is 2.30. The molecule has 0 unspecified atom stereocenters. The molecule has 8 heteroatoms. The van der Waals surface area contributed by atoms with Crippen LogP contribution in [0.15, 0.2) is 47.5 Å². The molecule has 8 nitrogen and oxygen atoms in total. The first-order valence-corrected chi connectivity index (χ1v) is 8.37. The quantitative estimate of drug-likeness (QED) is 0.527. The number of nitrogens with one attached hydrogen (secondary N) is 1. The highest BCUT2D eigenvalue weighted by molar-refractivity contribution is 5.88. The fourth-order valence-electron chi connectivity index (χ4n) is 3.02. The number of hydrogen-bond acceptors (Lipinski definition) is 6. The second-order valence-electron chi connectivity index (χ2n) is 5.83. The van der Waals surface area contributed by atoms with Crippen molar-refractivity contribution in [3.05, 3.63) is 53.2 Å². The Balaban J connectivity index is 1.90. The maximum absolute atomic E-state index is 12.6. The lowest BCUT2D eigenvalue weighted by molar-refractivity contribution is 0.147. The van der Waals surface area contributed by atoms with Crippen LogP contribution in [0.1, 0.15) is 0 Å². The van der Waals surface area contributed by atoms with Gasteiger partial charge in [-0.3, -0.25) is 14.5 Å². The largest absolute Gasteiger partial charge is 0.494 e. The summed E-state index contributed by atoms with van der Waals surface area (Å²) < 4.78 is 17.8. The fraction of sp³-hybridized carbons (Fsp3) is 0.211. The molecule has 0 saturated heterocycles. The van der Waals surface area contributed by atoms with Crippen LogP contribution < -0.4 is 15.2 Å². The van der Waals surface area contributed by atoms with Gasteiger partial charge >= 0.3 is 5.69 Å². The number of rotatable bonds is 6. The number of fused-ring (bicyclic) bond motifs is 2. The zero-order chi connectivity index (χ0) is 18.8. The summed E-state index contributed by atoms with van der Waals surface area (Å²) in [5.74, 6) is 1.23. The number of benzene rings is 1. The number of ether oxygens (including phenoxy) is 3. The van der Waals surface area contributed by atoms with Crippen LogP contribution in [-0.2, 0) is 4.74 Å². The first-order chi connectivity index (χ1) is 13.2. The van der Waals surface area contributed by atoms with E-state index in [1.165, 1.54) is 4.57 Å². The van der Waals surface area contributed by atoms with Crippen LogP contribution in [0.5, 0.6) is 11.5 Å². The van der Waals surface area contributed by atoms with Crippen molar-refractivity contribution >= 4 is 22.1 Å². The molecule has 3 aromatic heterocycles. The molecule has 0 aliphatic rings. The van der Waals surface area contributed by atoms with Crippen molar-refractivity contribution in [2.75, 3.05) is 27.4 Å². The summed E-state index contributed by atoms with van der Waals surface area (Å²) in [4.78, 5) is 23.9. The van der Waals surface area contributed by atoms with Gasteiger partial charge in [0.25, 0.3) is 0 Å². The molecule has 27 heavy (non-hydrogen) atoms. The molecular formula is C19H18N4O4. The Labute approximate surface area is 154 Å². The Morgan fingerprint density at radius 1 is 1.04 bits per heavy atom. The molecule has 0 aliphatic carbocycles. The van der Waals surface area contributed by atoms with Gasteiger partial charge in [-0.1, -0.05) is 0 Å². The lowest BCUT2D eigenvalue weighted by Gasteiger charge is -2.11. The first-order valence-electron chi connectivity index (χ1n) is 8.37. The smallest absolute Gasteiger partial charge is 0.332 e. The third kappa shape index (κ3) is 3.00. The fourth-order valence-corrected chi connectivity index (χ4v) is 3.02. The normalized spacial score (nSPS) is 11.2. The molecule has 0 radical (unpaired) electrons. The number of nitrogens with zero attached hydrogens (tertiary/aromatic N) is 3. The average molecular weight is 366 g/mol. The monoisotopic (exact) mass is 366 g/mol. The van der Waals surface area contributed by atoms with E-state index in [1.54, 1.807) is 38.7 Å². The van der Waals surface area contributed by atoms with E-state index in [0.717, 1.165) is 10.9 Å². The van der Waals surface area contributed by atoms with Gasteiger partial charge < -0.3 is 14.2 Å². The summed E-state index contributed by atoms with van der Waals surface area (Å²) in [6.07, 6.45) is 3.28. The van der Waals surface area contributed by atoms with Gasteiger partial charge in [0.05, 0.1) is 24.9 Å². The number of pyridine rings is 2. The lowest BCUT2D eigenvalue weighted by Crippen LogP contribution is -2.15. The summed E-state index contributed by atoms with van der Waals surface area (Å²) in [7, 11) is 3.18. The van der Waals surface area contributed by atoms with Crippen LogP contribution in [0.25, 0.3) is 27.8 Å². The van der Waals surface area contributed by atoms with Gasteiger partial charge in [-0.15, -0.1) is 0 Å². The topological polar surface area (TPSA) is 91.3 Å². The number of imidazole rings is 1. The van der Waals surface area contributed by atoms with E-state index in [4.69, 9.17) is 14.2 Å². The zero-order valence-electron chi connectivity index (χ0n) is 14.9. The summed E-state index contributed by atoms with van der Waals surface area (Å²) in [5.41, 5.74) is 2.17. The van der Waals surface area contributed by atoms with Crippen molar-refractivity contribution in [1.29, 1.82) is 0 Å².